The van der Waals surface area contributed by atoms with Crippen LogP contribution in [-0.4, -0.2) is 16.7 Å². The Kier molecular flexibility index (Phi) is 5.34. The molecule has 1 aliphatic heterocycles. The van der Waals surface area contributed by atoms with Gasteiger partial charge in [-0.2, -0.15) is 0 Å². The minimum atomic E-state index is -0.211. The van der Waals surface area contributed by atoms with Crippen molar-refractivity contribution in [1.82, 2.24) is 10.3 Å². The molecule has 37 heavy (non-hydrogen) atoms. The molecule has 0 aliphatic carbocycles. The highest BCUT2D eigenvalue weighted by Crippen LogP contribution is 2.35. The summed E-state index contributed by atoms with van der Waals surface area (Å²) in [4.78, 5) is 14.9. The lowest BCUT2D eigenvalue weighted by atomic mass is 10.0. The predicted octanol–water partition coefficient (Wildman–Crippen LogP) is 7.61. The first kappa shape index (κ1) is 21.7. The van der Waals surface area contributed by atoms with E-state index < -0.39 is 0 Å². The van der Waals surface area contributed by atoms with Gasteiger partial charge in [0.25, 0.3) is 0 Å². The summed E-state index contributed by atoms with van der Waals surface area (Å²) in [6.45, 7) is 0. The molecular formula is C32H22N4S. The van der Waals surface area contributed by atoms with Gasteiger partial charge in [-0.3, -0.25) is 0 Å². The van der Waals surface area contributed by atoms with Gasteiger partial charge in [-0.1, -0.05) is 109 Å². The van der Waals surface area contributed by atoms with E-state index in [1.54, 1.807) is 11.3 Å². The fourth-order valence-electron chi connectivity index (χ4n) is 4.68. The maximum absolute atomic E-state index is 5.02. The van der Waals surface area contributed by atoms with Crippen LogP contribution in [0.25, 0.3) is 31.6 Å². The minimum Gasteiger partial charge on any atom is -0.344 e. The molecule has 5 aromatic carbocycles. The monoisotopic (exact) mass is 494 g/mol. The average Bonchev–Trinajstić information content (AvgIpc) is 3.43. The molecule has 5 heteroatoms. The second-order valence-electron chi connectivity index (χ2n) is 8.97. The highest BCUT2D eigenvalue weighted by molar-refractivity contribution is 7.22. The van der Waals surface area contributed by atoms with E-state index >= 15 is 0 Å². The predicted molar refractivity (Wildman–Crippen MR) is 154 cm³/mol. The van der Waals surface area contributed by atoms with Crippen molar-refractivity contribution < 1.29 is 0 Å². The van der Waals surface area contributed by atoms with E-state index in [2.05, 4.69) is 84.2 Å². The lowest BCUT2D eigenvalue weighted by Gasteiger charge is -2.23. The Bertz CT molecular complexity index is 1790. The summed E-state index contributed by atoms with van der Waals surface area (Å²) in [6.07, 6.45) is -0.211. The van der Waals surface area contributed by atoms with E-state index in [0.29, 0.717) is 0 Å². The van der Waals surface area contributed by atoms with Gasteiger partial charge in [-0.15, -0.1) is 11.3 Å². The Morgan fingerprint density at radius 3 is 2.11 bits per heavy atom. The SMILES string of the molecule is c1ccc(C2=NC(c3ccc4c(ccc5nc(-c6ccccc6)sc54)c3)=NC(c3ccccc3)N2)cc1. The van der Waals surface area contributed by atoms with Gasteiger partial charge >= 0.3 is 0 Å². The van der Waals surface area contributed by atoms with Crippen LogP contribution in [0.4, 0.5) is 0 Å². The Morgan fingerprint density at radius 1 is 0.649 bits per heavy atom. The van der Waals surface area contributed by atoms with Crippen molar-refractivity contribution >= 4 is 44.0 Å². The molecule has 176 valence electrons. The van der Waals surface area contributed by atoms with Crippen molar-refractivity contribution in [2.24, 2.45) is 9.98 Å². The van der Waals surface area contributed by atoms with Crippen LogP contribution in [0.2, 0.25) is 0 Å². The van der Waals surface area contributed by atoms with Crippen LogP contribution in [0.5, 0.6) is 0 Å². The van der Waals surface area contributed by atoms with Gasteiger partial charge < -0.3 is 5.32 Å². The zero-order valence-corrected chi connectivity index (χ0v) is 20.7. The van der Waals surface area contributed by atoms with Gasteiger partial charge in [0.2, 0.25) is 0 Å². The first-order chi connectivity index (χ1) is 18.3. The largest absolute Gasteiger partial charge is 0.344 e. The number of aliphatic imine (C=N–C) groups is 2. The molecule has 1 N–H and O–H groups in total. The Hall–Kier alpha value is -4.61. The number of hydrogen-bond acceptors (Lipinski definition) is 5. The van der Waals surface area contributed by atoms with Crippen LogP contribution >= 0.6 is 11.3 Å². The van der Waals surface area contributed by atoms with E-state index in [4.69, 9.17) is 15.0 Å². The number of nitrogens with one attached hydrogen (secondary N) is 1. The molecule has 1 aliphatic rings. The minimum absolute atomic E-state index is 0.211. The Labute approximate surface area is 218 Å². The number of hydrogen-bond donors (Lipinski definition) is 1. The quantitative estimate of drug-likeness (QED) is 0.274. The number of rotatable bonds is 4. The molecule has 1 aromatic heterocycles. The number of amidine groups is 2. The van der Waals surface area contributed by atoms with Crippen molar-refractivity contribution in [3.8, 4) is 10.6 Å². The lowest BCUT2D eigenvalue weighted by Crippen LogP contribution is -2.33. The number of aromatic nitrogens is 1. The molecule has 0 bridgehead atoms. The third kappa shape index (κ3) is 4.09. The van der Waals surface area contributed by atoms with Crippen LogP contribution in [0, 0.1) is 0 Å². The Morgan fingerprint density at radius 2 is 1.35 bits per heavy atom. The molecule has 0 saturated carbocycles. The molecule has 6 aromatic rings. The lowest BCUT2D eigenvalue weighted by molar-refractivity contribution is 0.674. The van der Waals surface area contributed by atoms with Crippen molar-refractivity contribution in [3.05, 3.63) is 138 Å². The Balaban J connectivity index is 1.33. The maximum Gasteiger partial charge on any atom is 0.159 e. The maximum atomic E-state index is 5.02. The van der Waals surface area contributed by atoms with Gasteiger partial charge in [0.05, 0.1) is 10.2 Å². The van der Waals surface area contributed by atoms with Crippen LogP contribution < -0.4 is 5.32 Å². The summed E-state index contributed by atoms with van der Waals surface area (Å²) < 4.78 is 1.20. The standard InChI is InChI=1S/C32H22N4S/c1-4-10-21(11-5-1)29-34-30(22-12-6-2-7-13-22)36-31(35-29)25-16-18-26-24(20-25)17-19-27-28(26)37-32(33-27)23-14-8-3-9-15-23/h1-20,29H,(H,34,35,36). The summed E-state index contributed by atoms with van der Waals surface area (Å²) >= 11 is 1.74. The van der Waals surface area contributed by atoms with Crippen molar-refractivity contribution in [3.63, 3.8) is 0 Å². The van der Waals surface area contributed by atoms with Crippen molar-refractivity contribution in [2.45, 2.75) is 6.17 Å². The molecule has 1 atom stereocenters. The number of thiazole rings is 1. The van der Waals surface area contributed by atoms with Gasteiger partial charge in [0, 0.05) is 22.1 Å². The topological polar surface area (TPSA) is 49.6 Å². The summed E-state index contributed by atoms with van der Waals surface area (Å²) in [6, 6.07) is 41.6. The molecule has 0 saturated heterocycles. The van der Waals surface area contributed by atoms with Crippen molar-refractivity contribution in [1.29, 1.82) is 0 Å². The number of benzene rings is 5. The van der Waals surface area contributed by atoms with Gasteiger partial charge in [0.1, 0.15) is 17.0 Å². The average molecular weight is 495 g/mol. The van der Waals surface area contributed by atoms with Gasteiger partial charge in [-0.25, -0.2) is 15.0 Å². The van der Waals surface area contributed by atoms with E-state index in [1.807, 2.05) is 42.5 Å². The fourth-order valence-corrected chi connectivity index (χ4v) is 5.79. The van der Waals surface area contributed by atoms with Gasteiger partial charge in [-0.05, 0) is 23.1 Å². The molecule has 0 amide bonds. The fraction of sp³-hybridized carbons (Fsp3) is 0.0312. The third-order valence-electron chi connectivity index (χ3n) is 6.55. The zero-order chi connectivity index (χ0) is 24.6. The zero-order valence-electron chi connectivity index (χ0n) is 19.9. The molecular weight excluding hydrogens is 472 g/mol. The van der Waals surface area contributed by atoms with Crippen LogP contribution in [-0.2, 0) is 0 Å². The highest BCUT2D eigenvalue weighted by Gasteiger charge is 2.21. The van der Waals surface area contributed by atoms with E-state index in [1.165, 1.54) is 10.1 Å². The second-order valence-corrected chi connectivity index (χ2v) is 9.97. The summed E-state index contributed by atoms with van der Waals surface area (Å²) in [5.74, 6) is 1.55. The molecule has 2 heterocycles. The summed E-state index contributed by atoms with van der Waals surface area (Å²) in [5, 5.41) is 6.91. The smallest absolute Gasteiger partial charge is 0.159 e. The summed E-state index contributed by atoms with van der Waals surface area (Å²) in [5.41, 5.74) is 5.31. The molecule has 4 nitrogen and oxygen atoms in total. The molecule has 7 rings (SSSR count). The third-order valence-corrected chi connectivity index (χ3v) is 7.71. The summed E-state index contributed by atoms with van der Waals surface area (Å²) in [7, 11) is 0. The first-order valence-corrected chi connectivity index (χ1v) is 13.1. The van der Waals surface area contributed by atoms with Crippen LogP contribution in [0.15, 0.2) is 131 Å². The van der Waals surface area contributed by atoms with E-state index in [-0.39, 0.29) is 6.17 Å². The normalized spacial score (nSPS) is 15.3. The van der Waals surface area contributed by atoms with Crippen LogP contribution in [0.3, 0.4) is 0 Å². The van der Waals surface area contributed by atoms with Gasteiger partial charge in [0.15, 0.2) is 5.84 Å². The second kappa shape index (κ2) is 9.12. The molecule has 1 unspecified atom stereocenters. The molecule has 0 spiro atoms. The number of nitrogens with zero attached hydrogens (tertiary/aromatic N) is 3. The van der Waals surface area contributed by atoms with E-state index in [9.17, 15) is 0 Å². The first-order valence-electron chi connectivity index (χ1n) is 12.2. The van der Waals surface area contributed by atoms with Crippen molar-refractivity contribution in [2.75, 3.05) is 0 Å². The molecule has 0 radical (unpaired) electrons. The van der Waals surface area contributed by atoms with E-state index in [0.717, 1.165) is 49.8 Å². The number of fused-ring (bicyclic) bond motifs is 3. The molecule has 0 fully saturated rings. The van der Waals surface area contributed by atoms with Crippen LogP contribution in [0.1, 0.15) is 22.9 Å². The highest BCUT2D eigenvalue weighted by atomic mass is 32.1.